The third-order valence-corrected chi connectivity index (χ3v) is 5.92. The van der Waals surface area contributed by atoms with E-state index in [4.69, 9.17) is 15.2 Å². The summed E-state index contributed by atoms with van der Waals surface area (Å²) in [5, 5.41) is 2.30. The zero-order chi connectivity index (χ0) is 21.6. The van der Waals surface area contributed by atoms with Gasteiger partial charge in [0.25, 0.3) is 0 Å². The molecule has 0 bridgehead atoms. The van der Waals surface area contributed by atoms with E-state index in [0.29, 0.717) is 6.42 Å². The van der Waals surface area contributed by atoms with Crippen LogP contribution in [0, 0.1) is 0 Å². The molecule has 6 heteroatoms. The van der Waals surface area contributed by atoms with E-state index in [1.54, 1.807) is 7.11 Å². The van der Waals surface area contributed by atoms with Crippen LogP contribution in [0.15, 0.2) is 66.7 Å². The van der Waals surface area contributed by atoms with Crippen LogP contribution in [0.4, 0.5) is 10.5 Å². The van der Waals surface area contributed by atoms with E-state index in [1.165, 1.54) is 11.1 Å². The Morgan fingerprint density at radius 3 is 2.35 bits per heavy atom. The second-order valence-corrected chi connectivity index (χ2v) is 7.85. The van der Waals surface area contributed by atoms with Crippen molar-refractivity contribution in [3.8, 4) is 5.75 Å². The van der Waals surface area contributed by atoms with E-state index in [-0.39, 0.29) is 6.10 Å². The highest BCUT2D eigenvalue weighted by atomic mass is 16.6. The third kappa shape index (κ3) is 5.27. The fourth-order valence-corrected chi connectivity index (χ4v) is 4.16. The smallest absolute Gasteiger partial charge is 0.405 e. The molecule has 1 heterocycles. The minimum atomic E-state index is -0.734. The lowest BCUT2D eigenvalue weighted by Gasteiger charge is -2.36. The van der Waals surface area contributed by atoms with Crippen LogP contribution in [0.2, 0.25) is 0 Å². The molecule has 0 radical (unpaired) electrons. The number of amides is 1. The maximum atomic E-state index is 11.5. The summed E-state index contributed by atoms with van der Waals surface area (Å²) in [6, 6.07) is 22.6. The van der Waals surface area contributed by atoms with E-state index < -0.39 is 6.09 Å². The standard InChI is InChI=1S/C25H29N3O3/c1-30-23-10-8-22(9-11-23)28-16-14-27(15-17-28)13-12-24(31-25(26)29)21-7-6-19-4-2-3-5-20(19)18-21/h2-11,18,24H,12-17H2,1H3,(H2,26,29). The van der Waals surface area contributed by atoms with Crippen molar-refractivity contribution >= 4 is 22.6 Å². The molecule has 31 heavy (non-hydrogen) atoms. The normalized spacial score (nSPS) is 15.6. The monoisotopic (exact) mass is 419 g/mol. The Morgan fingerprint density at radius 2 is 1.68 bits per heavy atom. The lowest BCUT2D eigenvalue weighted by Crippen LogP contribution is -2.46. The van der Waals surface area contributed by atoms with Gasteiger partial charge in [0.1, 0.15) is 11.9 Å². The molecule has 1 amide bonds. The van der Waals surface area contributed by atoms with Crippen LogP contribution >= 0.6 is 0 Å². The summed E-state index contributed by atoms with van der Waals surface area (Å²) >= 11 is 0. The third-order valence-electron chi connectivity index (χ3n) is 5.92. The van der Waals surface area contributed by atoms with Crippen molar-refractivity contribution in [2.75, 3.05) is 44.7 Å². The highest BCUT2D eigenvalue weighted by molar-refractivity contribution is 5.83. The van der Waals surface area contributed by atoms with Gasteiger partial charge < -0.3 is 20.1 Å². The predicted octanol–water partition coefficient (Wildman–Crippen LogP) is 4.20. The van der Waals surface area contributed by atoms with Crippen LogP contribution in [0.3, 0.4) is 0 Å². The number of carbonyl (C=O) groups is 1. The molecule has 162 valence electrons. The van der Waals surface area contributed by atoms with Crippen LogP contribution in [0.25, 0.3) is 10.8 Å². The quantitative estimate of drug-likeness (QED) is 0.622. The molecular weight excluding hydrogens is 390 g/mol. The van der Waals surface area contributed by atoms with Crippen LogP contribution in [-0.4, -0.2) is 50.8 Å². The number of anilines is 1. The topological polar surface area (TPSA) is 68.0 Å². The Bertz CT molecular complexity index is 1010. The molecule has 3 aromatic rings. The van der Waals surface area contributed by atoms with Crippen LogP contribution in [0.1, 0.15) is 18.1 Å². The molecule has 0 aliphatic carbocycles. The summed E-state index contributed by atoms with van der Waals surface area (Å²) in [6.45, 7) is 4.70. The SMILES string of the molecule is COc1ccc(N2CCN(CCC(OC(N)=O)c3ccc4ccccc4c3)CC2)cc1. The van der Waals surface area contributed by atoms with Gasteiger partial charge in [-0.05, 0) is 46.7 Å². The minimum absolute atomic E-state index is 0.346. The van der Waals surface area contributed by atoms with Crippen LogP contribution < -0.4 is 15.4 Å². The van der Waals surface area contributed by atoms with Gasteiger partial charge in [0.15, 0.2) is 0 Å². The highest BCUT2D eigenvalue weighted by Gasteiger charge is 2.21. The molecule has 6 nitrogen and oxygen atoms in total. The molecule has 2 N–H and O–H groups in total. The average molecular weight is 420 g/mol. The maximum Gasteiger partial charge on any atom is 0.405 e. The first kappa shape index (κ1) is 21.0. The minimum Gasteiger partial charge on any atom is -0.497 e. The number of fused-ring (bicyclic) bond motifs is 1. The first-order valence-electron chi connectivity index (χ1n) is 10.7. The van der Waals surface area contributed by atoms with Gasteiger partial charge in [-0.3, -0.25) is 4.90 Å². The fraction of sp³-hybridized carbons (Fsp3) is 0.320. The van der Waals surface area contributed by atoms with E-state index in [0.717, 1.165) is 49.4 Å². The first-order valence-corrected chi connectivity index (χ1v) is 10.7. The summed E-state index contributed by atoms with van der Waals surface area (Å²) < 4.78 is 10.7. The lowest BCUT2D eigenvalue weighted by molar-refractivity contribution is 0.0911. The maximum absolute atomic E-state index is 11.5. The molecule has 1 saturated heterocycles. The van der Waals surface area contributed by atoms with E-state index in [1.807, 2.05) is 30.3 Å². The zero-order valence-corrected chi connectivity index (χ0v) is 17.9. The van der Waals surface area contributed by atoms with Crippen molar-refractivity contribution in [2.24, 2.45) is 5.73 Å². The largest absolute Gasteiger partial charge is 0.497 e. The van der Waals surface area contributed by atoms with Crippen molar-refractivity contribution in [3.63, 3.8) is 0 Å². The van der Waals surface area contributed by atoms with E-state index >= 15 is 0 Å². The van der Waals surface area contributed by atoms with Crippen molar-refractivity contribution in [1.29, 1.82) is 0 Å². The number of hydrogen-bond acceptors (Lipinski definition) is 5. The number of benzene rings is 3. The first-order chi connectivity index (χ1) is 15.1. The molecule has 1 atom stereocenters. The van der Waals surface area contributed by atoms with E-state index in [9.17, 15) is 4.79 Å². The van der Waals surface area contributed by atoms with Gasteiger partial charge in [0.2, 0.25) is 0 Å². The molecule has 1 unspecified atom stereocenters. The summed E-state index contributed by atoms with van der Waals surface area (Å²) in [6.07, 6.45) is -0.367. The summed E-state index contributed by atoms with van der Waals surface area (Å²) in [7, 11) is 1.68. The molecule has 3 aromatic carbocycles. The fourth-order valence-electron chi connectivity index (χ4n) is 4.16. The Labute approximate surface area is 183 Å². The molecular formula is C25H29N3O3. The van der Waals surface area contributed by atoms with Gasteiger partial charge in [-0.1, -0.05) is 36.4 Å². The molecule has 0 aromatic heterocycles. The number of nitrogens with zero attached hydrogens (tertiary/aromatic N) is 2. The summed E-state index contributed by atoms with van der Waals surface area (Å²) in [5.41, 5.74) is 7.56. The highest BCUT2D eigenvalue weighted by Crippen LogP contribution is 2.26. The van der Waals surface area contributed by atoms with Crippen LogP contribution in [-0.2, 0) is 4.74 Å². The molecule has 4 rings (SSSR count). The van der Waals surface area contributed by atoms with Crippen molar-refractivity contribution in [2.45, 2.75) is 12.5 Å². The summed E-state index contributed by atoms with van der Waals surface area (Å²) in [4.78, 5) is 16.3. The molecule has 0 spiro atoms. The van der Waals surface area contributed by atoms with Gasteiger partial charge in [0.05, 0.1) is 7.11 Å². The number of ether oxygens (including phenoxy) is 2. The predicted molar refractivity (Wildman–Crippen MR) is 124 cm³/mol. The van der Waals surface area contributed by atoms with Crippen molar-refractivity contribution in [1.82, 2.24) is 4.90 Å². The number of rotatable bonds is 7. The van der Waals surface area contributed by atoms with Crippen molar-refractivity contribution < 1.29 is 14.3 Å². The van der Waals surface area contributed by atoms with Crippen molar-refractivity contribution in [3.05, 3.63) is 72.3 Å². The Morgan fingerprint density at radius 1 is 0.968 bits per heavy atom. The molecule has 1 aliphatic rings. The van der Waals surface area contributed by atoms with Gasteiger partial charge in [-0.15, -0.1) is 0 Å². The second kappa shape index (κ2) is 9.71. The number of primary amides is 1. The summed E-state index contributed by atoms with van der Waals surface area (Å²) in [5.74, 6) is 0.872. The van der Waals surface area contributed by atoms with Gasteiger partial charge in [0, 0.05) is 44.8 Å². The van der Waals surface area contributed by atoms with Gasteiger partial charge in [-0.25, -0.2) is 4.79 Å². The Kier molecular flexibility index (Phi) is 6.57. The second-order valence-electron chi connectivity index (χ2n) is 7.85. The van der Waals surface area contributed by atoms with Crippen LogP contribution in [0.5, 0.6) is 5.75 Å². The lowest BCUT2D eigenvalue weighted by atomic mass is 10.0. The number of nitrogens with two attached hydrogens (primary N) is 1. The molecule has 1 aliphatic heterocycles. The van der Waals surface area contributed by atoms with E-state index in [2.05, 4.69) is 46.2 Å². The number of methoxy groups -OCH3 is 1. The molecule has 0 saturated carbocycles. The zero-order valence-electron chi connectivity index (χ0n) is 17.9. The van der Waals surface area contributed by atoms with Gasteiger partial charge >= 0.3 is 6.09 Å². The molecule has 1 fully saturated rings. The number of hydrogen-bond donors (Lipinski definition) is 1. The number of carbonyl (C=O) groups excluding carboxylic acids is 1. The Balaban J connectivity index is 1.35. The van der Waals surface area contributed by atoms with Gasteiger partial charge in [-0.2, -0.15) is 0 Å². The average Bonchev–Trinajstić information content (AvgIpc) is 2.81. The number of piperazine rings is 1. The Hall–Kier alpha value is -3.25.